The maximum atomic E-state index is 2.55. The lowest BCUT2D eigenvalue weighted by Crippen LogP contribution is -2.55. The van der Waals surface area contributed by atoms with Crippen LogP contribution in [-0.4, -0.2) is 0 Å². The van der Waals surface area contributed by atoms with Crippen LogP contribution in [0.4, 0.5) is 17.1 Å². The van der Waals surface area contributed by atoms with Gasteiger partial charge in [0.1, 0.15) is 0 Å². The van der Waals surface area contributed by atoms with E-state index in [1.165, 1.54) is 92.7 Å². The second kappa shape index (κ2) is 12.0. The van der Waals surface area contributed by atoms with Crippen LogP contribution in [0.2, 0.25) is 0 Å². The second-order valence-electron chi connectivity index (χ2n) is 16.9. The molecule has 5 aliphatic carbocycles. The number of rotatable bonds is 5. The van der Waals surface area contributed by atoms with Crippen LogP contribution in [-0.2, 0) is 5.41 Å². The first-order valence-corrected chi connectivity index (χ1v) is 20.4. The van der Waals surface area contributed by atoms with Crippen LogP contribution >= 0.6 is 0 Å². The van der Waals surface area contributed by atoms with Gasteiger partial charge in [-0.25, -0.2) is 0 Å². The first kappa shape index (κ1) is 31.4. The number of benzene rings is 8. The van der Waals surface area contributed by atoms with Crippen LogP contribution in [0.5, 0.6) is 0 Å². The van der Waals surface area contributed by atoms with E-state index in [4.69, 9.17) is 0 Å². The zero-order valence-electron chi connectivity index (χ0n) is 31.0. The minimum Gasteiger partial charge on any atom is -0.310 e. The summed E-state index contributed by atoms with van der Waals surface area (Å²) in [5, 5.41) is 5.11. The minimum atomic E-state index is 0.170. The van der Waals surface area contributed by atoms with E-state index in [0.29, 0.717) is 0 Å². The Kier molecular flexibility index (Phi) is 6.88. The van der Waals surface area contributed by atoms with Crippen LogP contribution < -0.4 is 4.90 Å². The molecule has 0 atom stereocenters. The van der Waals surface area contributed by atoms with E-state index >= 15 is 0 Å². The van der Waals surface area contributed by atoms with Gasteiger partial charge in [-0.3, -0.25) is 0 Å². The molecule has 0 amide bonds. The summed E-state index contributed by atoms with van der Waals surface area (Å²) in [7, 11) is 0. The number of anilines is 3. The van der Waals surface area contributed by atoms with Gasteiger partial charge in [0.2, 0.25) is 0 Å². The van der Waals surface area contributed by atoms with Crippen molar-refractivity contribution in [1.29, 1.82) is 0 Å². The molecule has 4 saturated carbocycles. The molecule has 1 heteroatoms. The third-order valence-corrected chi connectivity index (χ3v) is 14.2. The molecular formula is C54H43N. The highest BCUT2D eigenvalue weighted by Crippen LogP contribution is 2.69. The summed E-state index contributed by atoms with van der Waals surface area (Å²) in [4.78, 5) is 2.48. The van der Waals surface area contributed by atoms with E-state index in [9.17, 15) is 0 Å². The molecule has 0 heterocycles. The molecule has 0 saturated heterocycles. The number of nitrogens with zero attached hydrogens (tertiary/aromatic N) is 1. The van der Waals surface area contributed by atoms with Crippen molar-refractivity contribution in [1.82, 2.24) is 0 Å². The molecule has 0 aromatic heterocycles. The lowest BCUT2D eigenvalue weighted by molar-refractivity contribution is -0.0399. The lowest BCUT2D eigenvalue weighted by atomic mass is 9.43. The fourth-order valence-electron chi connectivity index (χ4n) is 12.3. The van der Waals surface area contributed by atoms with Crippen molar-refractivity contribution >= 4 is 38.6 Å². The molecule has 0 aliphatic heterocycles. The molecule has 4 fully saturated rings. The van der Waals surface area contributed by atoms with Gasteiger partial charge in [0.05, 0.1) is 0 Å². The monoisotopic (exact) mass is 705 g/mol. The Morgan fingerprint density at radius 2 is 0.818 bits per heavy atom. The standard InChI is InChI=1S/C54H43N/c1-3-13-46-37(9-1)11-7-16-48(46)39-19-23-43(24-20-39)55(44-25-21-40(22-26-44)49-17-8-12-38-10-2-4-14-47(38)49)45-27-28-53-51(34-45)50-15-5-6-18-52(50)54(53)41-30-35-29-36(32-41)33-42(54)31-35/h1-28,34-36,41-42H,29-33H2. The topological polar surface area (TPSA) is 3.24 Å². The summed E-state index contributed by atoms with van der Waals surface area (Å²) in [5.41, 5.74) is 14.8. The SMILES string of the molecule is c1ccc2c(c1)-c1cc(N(c3ccc(-c4cccc5ccccc45)cc3)c3ccc(-c4cccc5ccccc45)cc3)ccc1C21C2CC3CC(C2)CC1C3. The first-order chi connectivity index (χ1) is 27.2. The highest BCUT2D eigenvalue weighted by Gasteiger charge is 2.61. The molecule has 264 valence electrons. The van der Waals surface area contributed by atoms with Crippen molar-refractivity contribution in [3.05, 3.63) is 187 Å². The molecular weight excluding hydrogens is 663 g/mol. The highest BCUT2D eigenvalue weighted by molar-refractivity contribution is 5.98. The normalized spacial score (nSPS) is 23.0. The van der Waals surface area contributed by atoms with Crippen LogP contribution in [0.25, 0.3) is 54.9 Å². The Hall–Kier alpha value is -5.92. The van der Waals surface area contributed by atoms with Crippen molar-refractivity contribution in [2.45, 2.75) is 37.5 Å². The van der Waals surface area contributed by atoms with E-state index in [0.717, 1.165) is 35.0 Å². The van der Waals surface area contributed by atoms with Gasteiger partial charge >= 0.3 is 0 Å². The molecule has 13 rings (SSSR count). The summed E-state index contributed by atoms with van der Waals surface area (Å²) >= 11 is 0. The average Bonchev–Trinajstić information content (AvgIpc) is 3.53. The molecule has 0 unspecified atom stereocenters. The highest BCUT2D eigenvalue weighted by atomic mass is 15.1. The molecule has 0 radical (unpaired) electrons. The van der Waals surface area contributed by atoms with Gasteiger partial charge < -0.3 is 4.90 Å². The molecule has 55 heavy (non-hydrogen) atoms. The molecule has 4 bridgehead atoms. The van der Waals surface area contributed by atoms with E-state index in [1.54, 1.807) is 11.1 Å². The van der Waals surface area contributed by atoms with Gasteiger partial charge in [-0.2, -0.15) is 0 Å². The van der Waals surface area contributed by atoms with Gasteiger partial charge in [0, 0.05) is 22.5 Å². The van der Waals surface area contributed by atoms with Crippen molar-refractivity contribution in [3.63, 3.8) is 0 Å². The summed E-state index contributed by atoms with van der Waals surface area (Å²) in [6.45, 7) is 0. The van der Waals surface area contributed by atoms with E-state index in [-0.39, 0.29) is 5.41 Å². The van der Waals surface area contributed by atoms with Crippen LogP contribution in [0.3, 0.4) is 0 Å². The van der Waals surface area contributed by atoms with Gasteiger partial charge in [-0.05, 0) is 158 Å². The number of hydrogen-bond donors (Lipinski definition) is 0. The Bertz CT molecular complexity index is 2610. The number of hydrogen-bond acceptors (Lipinski definition) is 1. The van der Waals surface area contributed by atoms with Crippen molar-refractivity contribution in [2.75, 3.05) is 4.90 Å². The minimum absolute atomic E-state index is 0.170. The average molecular weight is 706 g/mol. The molecule has 1 spiro atoms. The van der Waals surface area contributed by atoms with Crippen molar-refractivity contribution in [2.24, 2.45) is 23.7 Å². The fourth-order valence-corrected chi connectivity index (χ4v) is 12.3. The zero-order valence-corrected chi connectivity index (χ0v) is 31.0. The Morgan fingerprint density at radius 3 is 1.40 bits per heavy atom. The zero-order chi connectivity index (χ0) is 36.1. The van der Waals surface area contributed by atoms with Gasteiger partial charge in [-0.1, -0.05) is 140 Å². The largest absolute Gasteiger partial charge is 0.310 e. The Morgan fingerprint density at radius 1 is 0.364 bits per heavy atom. The lowest BCUT2D eigenvalue weighted by Gasteiger charge is -2.61. The van der Waals surface area contributed by atoms with Crippen molar-refractivity contribution in [3.8, 4) is 33.4 Å². The summed E-state index contributed by atoms with van der Waals surface area (Å²) in [6.07, 6.45) is 7.09. The fraction of sp³-hybridized carbons (Fsp3) is 0.185. The van der Waals surface area contributed by atoms with Gasteiger partial charge in [0.25, 0.3) is 0 Å². The van der Waals surface area contributed by atoms with Crippen molar-refractivity contribution < 1.29 is 0 Å². The van der Waals surface area contributed by atoms with Gasteiger partial charge in [0.15, 0.2) is 0 Å². The van der Waals surface area contributed by atoms with Crippen LogP contribution in [0, 0.1) is 23.7 Å². The molecule has 1 nitrogen and oxygen atoms in total. The predicted octanol–water partition coefficient (Wildman–Crippen LogP) is 14.5. The Labute approximate surface area is 323 Å². The van der Waals surface area contributed by atoms with Gasteiger partial charge in [-0.15, -0.1) is 0 Å². The maximum Gasteiger partial charge on any atom is 0.0468 e. The Balaban J connectivity index is 1.00. The summed E-state index contributed by atoms with van der Waals surface area (Å²) in [6, 6.07) is 66.2. The van der Waals surface area contributed by atoms with E-state index in [2.05, 4.69) is 181 Å². The van der Waals surface area contributed by atoms with Crippen LogP contribution in [0.15, 0.2) is 176 Å². The predicted molar refractivity (Wildman–Crippen MR) is 230 cm³/mol. The molecule has 5 aliphatic rings. The van der Waals surface area contributed by atoms with Crippen LogP contribution in [0.1, 0.15) is 43.2 Å². The number of fused-ring (bicyclic) bond motifs is 5. The summed E-state index contributed by atoms with van der Waals surface area (Å²) in [5.74, 6) is 3.40. The molecule has 8 aromatic carbocycles. The quantitative estimate of drug-likeness (QED) is 0.172. The van der Waals surface area contributed by atoms with E-state index in [1.807, 2.05) is 0 Å². The third-order valence-electron chi connectivity index (χ3n) is 14.2. The summed E-state index contributed by atoms with van der Waals surface area (Å²) < 4.78 is 0. The maximum absolute atomic E-state index is 2.55. The first-order valence-electron chi connectivity index (χ1n) is 20.4. The molecule has 8 aromatic rings. The molecule has 0 N–H and O–H groups in total. The second-order valence-corrected chi connectivity index (χ2v) is 16.9. The smallest absolute Gasteiger partial charge is 0.0468 e. The third kappa shape index (κ3) is 4.66. The van der Waals surface area contributed by atoms with E-state index < -0.39 is 0 Å².